The average Bonchev–Trinajstić information content (AvgIpc) is 2.91. The van der Waals surface area contributed by atoms with Gasteiger partial charge in [0.05, 0.1) is 17.0 Å². The Morgan fingerprint density at radius 3 is 2.77 bits per heavy atom. The van der Waals surface area contributed by atoms with Crippen molar-refractivity contribution in [3.05, 3.63) is 34.7 Å². The second kappa shape index (κ2) is 7.73. The van der Waals surface area contributed by atoms with Crippen LogP contribution in [0.5, 0.6) is 0 Å². The summed E-state index contributed by atoms with van der Waals surface area (Å²) >= 11 is 0. The maximum Gasteiger partial charge on any atom is 0.422 e. The average molecular weight is 424 g/mol. The molecule has 2 atom stereocenters. The molecular weight excluding hydrogens is 401 g/mol. The van der Waals surface area contributed by atoms with E-state index in [2.05, 4.69) is 10.3 Å². The molecule has 2 unspecified atom stereocenters. The van der Waals surface area contributed by atoms with E-state index in [1.165, 1.54) is 11.1 Å². The van der Waals surface area contributed by atoms with Gasteiger partial charge >= 0.3 is 6.18 Å². The topological polar surface area (TPSA) is 95.4 Å². The molecule has 0 bridgehead atoms. The van der Waals surface area contributed by atoms with E-state index in [9.17, 15) is 22.8 Å². The van der Waals surface area contributed by atoms with Gasteiger partial charge < -0.3 is 20.4 Å². The second-order valence-corrected chi connectivity index (χ2v) is 7.62. The van der Waals surface area contributed by atoms with E-state index in [0.717, 1.165) is 6.21 Å². The van der Waals surface area contributed by atoms with Crippen molar-refractivity contribution in [2.24, 2.45) is 5.41 Å². The summed E-state index contributed by atoms with van der Waals surface area (Å²) in [5.41, 5.74) is 0.447. The number of carbonyl (C=O) groups is 2. The van der Waals surface area contributed by atoms with Crippen molar-refractivity contribution in [3.8, 4) is 0 Å². The number of pyridine rings is 1. The van der Waals surface area contributed by atoms with Crippen molar-refractivity contribution in [1.82, 2.24) is 9.88 Å². The largest absolute Gasteiger partial charge is 0.487 e. The number of allylic oxidation sites excluding steroid dienone is 1. The zero-order chi connectivity index (χ0) is 22.3. The molecule has 0 radical (unpaired) electrons. The van der Waals surface area contributed by atoms with Crippen LogP contribution < -0.4 is 5.32 Å². The summed E-state index contributed by atoms with van der Waals surface area (Å²) in [6.07, 6.45) is -1.45. The summed E-state index contributed by atoms with van der Waals surface area (Å²) in [4.78, 5) is 30.5. The first-order valence-electron chi connectivity index (χ1n) is 9.54. The van der Waals surface area contributed by atoms with Gasteiger partial charge in [-0.05, 0) is 31.9 Å². The predicted octanol–water partition coefficient (Wildman–Crippen LogP) is 3.84. The van der Waals surface area contributed by atoms with Gasteiger partial charge in [-0.3, -0.25) is 9.59 Å². The van der Waals surface area contributed by atoms with Gasteiger partial charge in [-0.1, -0.05) is 6.92 Å². The minimum atomic E-state index is -4.50. The summed E-state index contributed by atoms with van der Waals surface area (Å²) in [6, 6.07) is 1.07. The third-order valence-corrected chi connectivity index (χ3v) is 5.48. The van der Waals surface area contributed by atoms with Gasteiger partial charge in [0.25, 0.3) is 5.91 Å². The van der Waals surface area contributed by atoms with E-state index in [0.29, 0.717) is 28.9 Å². The van der Waals surface area contributed by atoms with Gasteiger partial charge in [0, 0.05) is 30.9 Å². The highest BCUT2D eigenvalue weighted by Crippen LogP contribution is 2.49. The number of nitrogens with zero attached hydrogens (tertiary/aromatic N) is 2. The lowest BCUT2D eigenvalue weighted by Gasteiger charge is -2.44. The highest BCUT2D eigenvalue weighted by atomic mass is 19.4. The number of anilines is 1. The molecule has 30 heavy (non-hydrogen) atoms. The fourth-order valence-corrected chi connectivity index (χ4v) is 4.06. The van der Waals surface area contributed by atoms with Crippen LogP contribution in [0, 0.1) is 10.8 Å². The highest BCUT2D eigenvalue weighted by molar-refractivity contribution is 6.02. The number of fused-ring (bicyclic) bond motifs is 1. The zero-order valence-electron chi connectivity index (χ0n) is 16.9. The predicted molar refractivity (Wildman–Crippen MR) is 103 cm³/mol. The van der Waals surface area contributed by atoms with E-state index in [1.807, 2.05) is 0 Å². The minimum Gasteiger partial charge on any atom is -0.487 e. The molecule has 1 aromatic rings. The fourth-order valence-electron chi connectivity index (χ4n) is 4.06. The van der Waals surface area contributed by atoms with E-state index < -0.39 is 24.2 Å². The summed E-state index contributed by atoms with van der Waals surface area (Å²) < 4.78 is 42.9. The molecule has 3 rings (SSSR count). The molecule has 1 aliphatic carbocycles. The Hall–Kier alpha value is -2.91. The lowest BCUT2D eigenvalue weighted by Crippen LogP contribution is -2.47. The number of halogens is 3. The lowest BCUT2D eigenvalue weighted by molar-refractivity contribution is -0.169. The van der Waals surface area contributed by atoms with Crippen LogP contribution in [0.4, 0.5) is 19.0 Å². The third-order valence-electron chi connectivity index (χ3n) is 5.48. The molecule has 162 valence electrons. The number of alkyl halides is 3. The Balaban J connectivity index is 1.86. The maximum atomic E-state index is 13.0. The Labute approximate surface area is 171 Å². The molecule has 0 aromatic carbocycles. The summed E-state index contributed by atoms with van der Waals surface area (Å²) in [6.45, 7) is 3.66. The van der Waals surface area contributed by atoms with E-state index in [-0.39, 0.29) is 30.5 Å². The third kappa shape index (κ3) is 3.78. The van der Waals surface area contributed by atoms with Crippen LogP contribution in [0.3, 0.4) is 0 Å². The molecule has 2 aliphatic rings. The quantitative estimate of drug-likeness (QED) is 0.650. The highest BCUT2D eigenvalue weighted by Gasteiger charge is 2.50. The molecule has 7 nitrogen and oxygen atoms in total. The van der Waals surface area contributed by atoms with Crippen LogP contribution in [0.25, 0.3) is 0 Å². The summed E-state index contributed by atoms with van der Waals surface area (Å²) in [5, 5.41) is 10.5. The van der Waals surface area contributed by atoms with Crippen molar-refractivity contribution >= 4 is 23.8 Å². The Kier molecular flexibility index (Phi) is 5.62. The Morgan fingerprint density at radius 2 is 2.20 bits per heavy atom. The molecule has 10 heteroatoms. The smallest absolute Gasteiger partial charge is 0.422 e. The van der Waals surface area contributed by atoms with Gasteiger partial charge in [0.2, 0.25) is 5.91 Å². The monoisotopic (exact) mass is 424 g/mol. The first-order valence-corrected chi connectivity index (χ1v) is 9.54. The van der Waals surface area contributed by atoms with E-state index in [4.69, 9.17) is 10.1 Å². The number of hydrogen-bond donors (Lipinski definition) is 2. The zero-order valence-corrected chi connectivity index (χ0v) is 16.9. The SMILES string of the molecule is CCC(=O)Nc1nccc2c1C(C)N(CC1(C=N)CC(C)=C1OCC(F)(F)F)C2=O. The molecule has 1 aliphatic heterocycles. The van der Waals surface area contributed by atoms with E-state index >= 15 is 0 Å². The lowest BCUT2D eigenvalue weighted by atomic mass is 9.69. The number of ether oxygens (including phenoxy) is 1. The van der Waals surface area contributed by atoms with Crippen molar-refractivity contribution in [2.75, 3.05) is 18.5 Å². The van der Waals surface area contributed by atoms with Crippen molar-refractivity contribution in [3.63, 3.8) is 0 Å². The minimum absolute atomic E-state index is 0.00310. The van der Waals surface area contributed by atoms with Gasteiger partial charge in [-0.15, -0.1) is 0 Å². The van der Waals surface area contributed by atoms with Crippen LogP contribution in [0.2, 0.25) is 0 Å². The molecule has 2 heterocycles. The molecule has 0 saturated heterocycles. The van der Waals surface area contributed by atoms with Gasteiger partial charge in [0.15, 0.2) is 6.61 Å². The van der Waals surface area contributed by atoms with Gasteiger partial charge in [-0.25, -0.2) is 4.98 Å². The van der Waals surface area contributed by atoms with Crippen LogP contribution in [-0.2, 0) is 9.53 Å². The summed E-state index contributed by atoms with van der Waals surface area (Å²) in [7, 11) is 0. The molecule has 0 fully saturated rings. The van der Waals surface area contributed by atoms with Crippen molar-refractivity contribution < 1.29 is 27.5 Å². The molecule has 2 N–H and O–H groups in total. The van der Waals surface area contributed by atoms with Gasteiger partial charge in [-0.2, -0.15) is 13.2 Å². The first kappa shape index (κ1) is 21.8. The maximum absolute atomic E-state index is 13.0. The van der Waals surface area contributed by atoms with E-state index in [1.54, 1.807) is 26.8 Å². The number of rotatable bonds is 7. The number of nitrogens with one attached hydrogen (secondary N) is 2. The fraction of sp³-hybridized carbons (Fsp3) is 0.500. The molecule has 1 aromatic heterocycles. The van der Waals surface area contributed by atoms with Gasteiger partial charge in [0.1, 0.15) is 11.6 Å². The van der Waals surface area contributed by atoms with Crippen molar-refractivity contribution in [2.45, 2.75) is 45.8 Å². The second-order valence-electron chi connectivity index (χ2n) is 7.62. The Bertz CT molecular complexity index is 928. The first-order chi connectivity index (χ1) is 14.0. The number of hydrogen-bond acceptors (Lipinski definition) is 5. The number of amides is 2. The van der Waals surface area contributed by atoms with Crippen LogP contribution in [0.15, 0.2) is 23.6 Å². The molecule has 0 saturated carbocycles. The molecule has 0 spiro atoms. The van der Waals surface area contributed by atoms with Crippen LogP contribution in [0.1, 0.15) is 55.6 Å². The molecule has 2 amide bonds. The Morgan fingerprint density at radius 1 is 1.50 bits per heavy atom. The normalized spacial score (nSPS) is 23.2. The summed E-state index contributed by atoms with van der Waals surface area (Å²) in [5.74, 6) is -0.193. The van der Waals surface area contributed by atoms with Crippen LogP contribution in [-0.4, -0.2) is 47.2 Å². The standard InChI is InChI=1S/C20H23F3N4O3/c1-4-14(28)26-17-15-12(3)27(18(29)13(15)5-6-25-17)9-19(8-24)7-11(2)16(19)30-10-20(21,22)23/h5-6,8,12,24H,4,7,9-10H2,1-3H3,(H,25,26,28). The van der Waals surface area contributed by atoms with Crippen LogP contribution >= 0.6 is 0 Å². The number of carbonyl (C=O) groups excluding carboxylic acids is 2. The van der Waals surface area contributed by atoms with Crippen molar-refractivity contribution in [1.29, 1.82) is 5.41 Å². The molecular formula is C20H23F3N4O3. The number of aromatic nitrogens is 1.